The summed E-state index contributed by atoms with van der Waals surface area (Å²) < 4.78 is 10.2. The van der Waals surface area contributed by atoms with Crippen molar-refractivity contribution in [3.8, 4) is 5.75 Å². The lowest BCUT2D eigenvalue weighted by molar-refractivity contribution is -0.172. The third kappa shape index (κ3) is 4.48. The molecule has 1 aliphatic rings. The summed E-state index contributed by atoms with van der Waals surface area (Å²) in [5.74, 6) is -5.89. The van der Waals surface area contributed by atoms with Crippen LogP contribution in [-0.2, 0) is 23.9 Å². The second kappa shape index (κ2) is 8.84. The second-order valence-corrected chi connectivity index (χ2v) is 6.91. The lowest BCUT2D eigenvalue weighted by Crippen LogP contribution is -2.55. The molecule has 0 bridgehead atoms. The molecule has 0 heterocycles. The monoisotopic (exact) mass is 388 g/mol. The standard InChI is InChI=1S/C21H24O7/c1-4-9-27-19(24)17-15(23)12-21(3,26)18(20(25)28-10-5-2)16(17)13-7-6-8-14(22)11-13/h4-8,11,16-18,22,26H,1-2,9-10,12H2,3H3/t16-,17-,18+,21+/m1/s1. The minimum atomic E-state index is -1.75. The number of rotatable bonds is 7. The molecule has 1 saturated carbocycles. The van der Waals surface area contributed by atoms with Crippen LogP contribution in [0.3, 0.4) is 0 Å². The van der Waals surface area contributed by atoms with Crippen molar-refractivity contribution in [1.29, 1.82) is 0 Å². The highest BCUT2D eigenvalue weighted by molar-refractivity contribution is 6.02. The molecule has 0 radical (unpaired) electrons. The Morgan fingerprint density at radius 3 is 2.39 bits per heavy atom. The van der Waals surface area contributed by atoms with E-state index in [1.54, 1.807) is 6.07 Å². The van der Waals surface area contributed by atoms with Gasteiger partial charge in [0.25, 0.3) is 0 Å². The summed E-state index contributed by atoms with van der Waals surface area (Å²) in [6, 6.07) is 5.86. The third-order valence-electron chi connectivity index (χ3n) is 4.72. The van der Waals surface area contributed by atoms with E-state index in [-0.39, 0.29) is 19.0 Å². The van der Waals surface area contributed by atoms with Gasteiger partial charge in [-0.05, 0) is 24.6 Å². The first-order valence-corrected chi connectivity index (χ1v) is 8.82. The quantitative estimate of drug-likeness (QED) is 0.417. The zero-order chi connectivity index (χ0) is 20.9. The average Bonchev–Trinajstić information content (AvgIpc) is 2.62. The van der Waals surface area contributed by atoms with Gasteiger partial charge in [-0.2, -0.15) is 0 Å². The van der Waals surface area contributed by atoms with Crippen molar-refractivity contribution in [2.24, 2.45) is 11.8 Å². The van der Waals surface area contributed by atoms with Crippen LogP contribution in [0.15, 0.2) is 49.6 Å². The molecule has 4 atom stereocenters. The molecule has 0 spiro atoms. The molecule has 0 unspecified atom stereocenters. The Morgan fingerprint density at radius 1 is 1.21 bits per heavy atom. The molecule has 1 aliphatic carbocycles. The van der Waals surface area contributed by atoms with Crippen molar-refractivity contribution >= 4 is 17.7 Å². The molecule has 2 N–H and O–H groups in total. The number of phenolic OH excluding ortho intramolecular Hbond substituents is 1. The number of aliphatic hydroxyl groups is 1. The summed E-state index contributed by atoms with van der Waals surface area (Å²) in [6.45, 7) is 8.12. The fraction of sp³-hybridized carbons (Fsp3) is 0.381. The molecule has 0 amide bonds. The second-order valence-electron chi connectivity index (χ2n) is 6.91. The molecule has 28 heavy (non-hydrogen) atoms. The summed E-state index contributed by atoms with van der Waals surface area (Å²) in [5.41, 5.74) is -1.41. The SMILES string of the molecule is C=CCOC(=O)[C@@H]1C(=O)C[C@](C)(O)[C@H](C(=O)OCC=C)[C@@H]1c1cccc(O)c1. The van der Waals surface area contributed by atoms with E-state index in [0.29, 0.717) is 5.56 Å². The van der Waals surface area contributed by atoms with Crippen LogP contribution in [-0.4, -0.2) is 46.7 Å². The number of Topliss-reactive ketones (excluding diaryl/α,β-unsaturated/α-hetero) is 1. The van der Waals surface area contributed by atoms with E-state index in [1.807, 2.05) is 0 Å². The maximum atomic E-state index is 12.8. The molecule has 0 aromatic heterocycles. The first kappa shape index (κ1) is 21.4. The number of esters is 2. The van der Waals surface area contributed by atoms with Gasteiger partial charge in [0.05, 0.1) is 11.5 Å². The van der Waals surface area contributed by atoms with E-state index in [0.717, 1.165) is 0 Å². The number of ketones is 1. The molecule has 150 valence electrons. The molecular formula is C21H24O7. The van der Waals surface area contributed by atoms with E-state index >= 15 is 0 Å². The van der Waals surface area contributed by atoms with Gasteiger partial charge in [0.15, 0.2) is 5.78 Å². The van der Waals surface area contributed by atoms with Gasteiger partial charge in [0, 0.05) is 12.3 Å². The van der Waals surface area contributed by atoms with E-state index in [4.69, 9.17) is 9.47 Å². The van der Waals surface area contributed by atoms with Crippen molar-refractivity contribution in [3.05, 3.63) is 55.1 Å². The Balaban J connectivity index is 2.58. The van der Waals surface area contributed by atoms with Gasteiger partial charge in [-0.1, -0.05) is 37.4 Å². The lowest BCUT2D eigenvalue weighted by atomic mass is 9.61. The summed E-state index contributed by atoms with van der Waals surface area (Å²) >= 11 is 0. The van der Waals surface area contributed by atoms with E-state index in [1.165, 1.54) is 37.3 Å². The van der Waals surface area contributed by atoms with Crippen molar-refractivity contribution in [3.63, 3.8) is 0 Å². The number of carbonyl (C=O) groups is 3. The van der Waals surface area contributed by atoms with Crippen LogP contribution in [0.25, 0.3) is 0 Å². The molecule has 7 heteroatoms. The Labute approximate surface area is 163 Å². The van der Waals surface area contributed by atoms with Gasteiger partial charge in [0.2, 0.25) is 0 Å². The maximum Gasteiger partial charge on any atom is 0.317 e. The molecule has 1 fully saturated rings. The predicted octanol–water partition coefficient (Wildman–Crippen LogP) is 1.89. The largest absolute Gasteiger partial charge is 0.508 e. The maximum absolute atomic E-state index is 12.8. The van der Waals surface area contributed by atoms with E-state index in [9.17, 15) is 24.6 Å². The predicted molar refractivity (Wildman–Crippen MR) is 100 cm³/mol. The highest BCUT2D eigenvalue weighted by Crippen LogP contribution is 2.47. The molecule has 2 rings (SSSR count). The van der Waals surface area contributed by atoms with Gasteiger partial charge < -0.3 is 19.7 Å². The topological polar surface area (TPSA) is 110 Å². The van der Waals surface area contributed by atoms with Gasteiger partial charge in [-0.3, -0.25) is 14.4 Å². The first-order chi connectivity index (χ1) is 13.2. The number of carbonyl (C=O) groups excluding carboxylic acids is 3. The zero-order valence-electron chi connectivity index (χ0n) is 15.7. The Kier molecular flexibility index (Phi) is 6.75. The van der Waals surface area contributed by atoms with Crippen molar-refractivity contribution in [2.45, 2.75) is 24.9 Å². The molecule has 7 nitrogen and oxygen atoms in total. The smallest absolute Gasteiger partial charge is 0.317 e. The molecular weight excluding hydrogens is 364 g/mol. The number of phenols is 1. The van der Waals surface area contributed by atoms with E-state index < -0.39 is 47.5 Å². The van der Waals surface area contributed by atoms with Crippen LogP contribution in [0.1, 0.15) is 24.8 Å². The van der Waals surface area contributed by atoms with Crippen LogP contribution >= 0.6 is 0 Å². The average molecular weight is 388 g/mol. The van der Waals surface area contributed by atoms with E-state index in [2.05, 4.69) is 13.2 Å². The normalized spacial score (nSPS) is 26.9. The Morgan fingerprint density at radius 2 is 1.82 bits per heavy atom. The van der Waals surface area contributed by atoms with Crippen LogP contribution in [0, 0.1) is 11.8 Å². The van der Waals surface area contributed by atoms with Crippen molar-refractivity contribution in [1.82, 2.24) is 0 Å². The van der Waals surface area contributed by atoms with Crippen LogP contribution in [0.2, 0.25) is 0 Å². The highest BCUT2D eigenvalue weighted by atomic mass is 16.5. The van der Waals surface area contributed by atoms with Gasteiger partial charge >= 0.3 is 11.9 Å². The Hall–Kier alpha value is -2.93. The fourth-order valence-electron chi connectivity index (χ4n) is 3.61. The minimum absolute atomic E-state index is 0.0856. The van der Waals surface area contributed by atoms with Crippen molar-refractivity contribution in [2.75, 3.05) is 13.2 Å². The Bertz CT molecular complexity index is 781. The fourth-order valence-corrected chi connectivity index (χ4v) is 3.61. The molecule has 0 aliphatic heterocycles. The number of benzene rings is 1. The summed E-state index contributed by atoms with van der Waals surface area (Å²) in [4.78, 5) is 38.1. The van der Waals surface area contributed by atoms with Gasteiger partial charge in [-0.15, -0.1) is 0 Å². The number of hydrogen-bond acceptors (Lipinski definition) is 7. The third-order valence-corrected chi connectivity index (χ3v) is 4.72. The number of aromatic hydroxyl groups is 1. The zero-order valence-corrected chi connectivity index (χ0v) is 15.7. The summed E-state index contributed by atoms with van der Waals surface area (Å²) in [5, 5.41) is 20.7. The molecule has 1 aromatic rings. The summed E-state index contributed by atoms with van der Waals surface area (Å²) in [7, 11) is 0. The van der Waals surface area contributed by atoms with Crippen LogP contribution in [0.5, 0.6) is 5.75 Å². The lowest BCUT2D eigenvalue weighted by Gasteiger charge is -2.43. The summed E-state index contributed by atoms with van der Waals surface area (Å²) in [6.07, 6.45) is 2.32. The van der Waals surface area contributed by atoms with Crippen molar-refractivity contribution < 1.29 is 34.1 Å². The highest BCUT2D eigenvalue weighted by Gasteiger charge is 2.57. The molecule has 1 aromatic carbocycles. The van der Waals surface area contributed by atoms with Gasteiger partial charge in [0.1, 0.15) is 24.9 Å². The van der Waals surface area contributed by atoms with Crippen LogP contribution in [0.4, 0.5) is 0 Å². The number of ether oxygens (including phenoxy) is 2. The first-order valence-electron chi connectivity index (χ1n) is 8.82. The minimum Gasteiger partial charge on any atom is -0.508 e. The van der Waals surface area contributed by atoms with Gasteiger partial charge in [-0.25, -0.2) is 0 Å². The number of hydrogen-bond donors (Lipinski definition) is 2. The van der Waals surface area contributed by atoms with Crippen LogP contribution < -0.4 is 0 Å². The molecule has 0 saturated heterocycles.